The van der Waals surface area contributed by atoms with Crippen LogP contribution in [0, 0.1) is 0 Å². The molecular weight excluding hydrogens is 424 g/mol. The van der Waals surface area contributed by atoms with Gasteiger partial charge in [0.15, 0.2) is 0 Å². The maximum absolute atomic E-state index is 10.6. The molecule has 0 aliphatic carbocycles. The monoisotopic (exact) mass is 458 g/mol. The van der Waals surface area contributed by atoms with Crippen LogP contribution < -0.4 is 15.4 Å². The Morgan fingerprint density at radius 3 is 2.50 bits per heavy atom. The molecule has 0 bridgehead atoms. The minimum absolute atomic E-state index is 0.124. The van der Waals surface area contributed by atoms with Crippen molar-refractivity contribution in [1.82, 2.24) is 0 Å². The molecule has 0 aromatic heterocycles. The summed E-state index contributed by atoms with van der Waals surface area (Å²) in [6.07, 6.45) is 3.81. The van der Waals surface area contributed by atoms with Gasteiger partial charge in [-0.2, -0.15) is 0 Å². The number of aryl methyl sites for hydroxylation is 1. The molecule has 178 valence electrons. The van der Waals surface area contributed by atoms with Gasteiger partial charge in [0.1, 0.15) is 5.75 Å². The van der Waals surface area contributed by atoms with Crippen molar-refractivity contribution < 1.29 is 14.6 Å². The van der Waals surface area contributed by atoms with E-state index in [0.717, 1.165) is 25.1 Å². The van der Waals surface area contributed by atoms with E-state index in [4.69, 9.17) is 9.84 Å². The van der Waals surface area contributed by atoms with Gasteiger partial charge in [0, 0.05) is 36.3 Å². The summed E-state index contributed by atoms with van der Waals surface area (Å²) >= 11 is 0. The van der Waals surface area contributed by atoms with Crippen LogP contribution in [0.2, 0.25) is 0 Å². The molecule has 1 aliphatic rings. The maximum Gasteiger partial charge on any atom is 0.303 e. The van der Waals surface area contributed by atoms with Crippen LogP contribution in [0.5, 0.6) is 5.75 Å². The number of fused-ring (bicyclic) bond motifs is 1. The SMILES string of the molecule is CCCc1ccc(CNc2cccc3c2CC(C)(c2ccc(OCCCC(=O)O)cc2)N3)cc1. The van der Waals surface area contributed by atoms with Crippen LogP contribution >= 0.6 is 0 Å². The molecule has 1 heterocycles. The predicted molar refractivity (Wildman–Crippen MR) is 138 cm³/mol. The van der Waals surface area contributed by atoms with E-state index in [2.05, 4.69) is 79.1 Å². The molecule has 0 radical (unpaired) electrons. The van der Waals surface area contributed by atoms with Gasteiger partial charge in [-0.25, -0.2) is 0 Å². The number of hydrogen-bond acceptors (Lipinski definition) is 4. The van der Waals surface area contributed by atoms with E-state index in [-0.39, 0.29) is 12.0 Å². The Balaban J connectivity index is 1.39. The normalized spacial score (nSPS) is 16.5. The highest BCUT2D eigenvalue weighted by atomic mass is 16.5. The molecule has 0 spiro atoms. The summed E-state index contributed by atoms with van der Waals surface area (Å²) in [5, 5.41) is 16.1. The molecule has 0 amide bonds. The lowest BCUT2D eigenvalue weighted by atomic mass is 9.88. The first-order valence-corrected chi connectivity index (χ1v) is 12.1. The van der Waals surface area contributed by atoms with Crippen molar-refractivity contribution >= 4 is 17.3 Å². The number of aliphatic carboxylic acids is 1. The molecule has 1 unspecified atom stereocenters. The zero-order chi connectivity index (χ0) is 24.0. The van der Waals surface area contributed by atoms with E-state index >= 15 is 0 Å². The summed E-state index contributed by atoms with van der Waals surface area (Å²) in [6.45, 7) is 5.64. The van der Waals surface area contributed by atoms with Crippen molar-refractivity contribution in [2.45, 2.75) is 58.0 Å². The van der Waals surface area contributed by atoms with Crippen molar-refractivity contribution in [2.75, 3.05) is 17.2 Å². The lowest BCUT2D eigenvalue weighted by molar-refractivity contribution is -0.137. The second kappa shape index (κ2) is 10.6. The number of carbonyl (C=O) groups is 1. The van der Waals surface area contributed by atoms with Gasteiger partial charge in [-0.05, 0) is 60.7 Å². The van der Waals surface area contributed by atoms with Crippen LogP contribution in [0.4, 0.5) is 11.4 Å². The summed E-state index contributed by atoms with van der Waals surface area (Å²) in [4.78, 5) is 10.6. The molecule has 3 aromatic rings. The van der Waals surface area contributed by atoms with Crippen molar-refractivity contribution in [1.29, 1.82) is 0 Å². The summed E-state index contributed by atoms with van der Waals surface area (Å²) in [7, 11) is 0. The summed E-state index contributed by atoms with van der Waals surface area (Å²) < 4.78 is 5.69. The number of ether oxygens (including phenoxy) is 1. The summed E-state index contributed by atoms with van der Waals surface area (Å²) in [5.74, 6) is -0.0296. The number of anilines is 2. The third kappa shape index (κ3) is 5.71. The summed E-state index contributed by atoms with van der Waals surface area (Å²) in [5.41, 5.74) is 7.31. The average molecular weight is 459 g/mol. The van der Waals surface area contributed by atoms with Crippen molar-refractivity contribution in [3.8, 4) is 5.75 Å². The average Bonchev–Trinajstić information content (AvgIpc) is 3.20. The minimum Gasteiger partial charge on any atom is -0.494 e. The van der Waals surface area contributed by atoms with E-state index in [1.165, 1.54) is 40.0 Å². The highest BCUT2D eigenvalue weighted by molar-refractivity contribution is 5.71. The Kier molecular flexibility index (Phi) is 7.41. The molecule has 0 saturated heterocycles. The minimum atomic E-state index is -0.794. The molecule has 3 N–H and O–H groups in total. The van der Waals surface area contributed by atoms with E-state index in [0.29, 0.717) is 13.0 Å². The standard InChI is InChI=1S/C29H34N2O3/c1-3-6-21-10-12-22(13-11-21)20-30-26-7-4-8-27-25(26)19-29(2,31-27)23-14-16-24(17-15-23)34-18-5-9-28(32)33/h4,7-8,10-17,30-31H,3,5-6,9,18-20H2,1-2H3,(H,32,33). The van der Waals surface area contributed by atoms with E-state index in [1.54, 1.807) is 0 Å². The fourth-order valence-electron chi connectivity index (χ4n) is 4.57. The maximum atomic E-state index is 10.6. The van der Waals surface area contributed by atoms with Gasteiger partial charge < -0.3 is 20.5 Å². The molecule has 4 rings (SSSR count). The van der Waals surface area contributed by atoms with E-state index in [1.807, 2.05) is 12.1 Å². The molecule has 3 aromatic carbocycles. The Labute approximate surface area is 202 Å². The number of carboxylic acids is 1. The summed E-state index contributed by atoms with van der Waals surface area (Å²) in [6, 6.07) is 23.4. The van der Waals surface area contributed by atoms with Gasteiger partial charge in [0.25, 0.3) is 0 Å². The van der Waals surface area contributed by atoms with Crippen LogP contribution in [-0.2, 0) is 29.7 Å². The third-order valence-electron chi connectivity index (χ3n) is 6.46. The molecule has 1 aliphatic heterocycles. The number of nitrogens with one attached hydrogen (secondary N) is 2. The zero-order valence-corrected chi connectivity index (χ0v) is 20.1. The molecule has 1 atom stereocenters. The first-order valence-electron chi connectivity index (χ1n) is 12.1. The highest BCUT2D eigenvalue weighted by Gasteiger charge is 2.35. The number of carboxylic acid groups (broad SMARTS) is 1. The Bertz CT molecular complexity index is 1110. The molecular formula is C29H34N2O3. The quantitative estimate of drug-likeness (QED) is 0.291. The van der Waals surface area contributed by atoms with E-state index in [9.17, 15) is 4.79 Å². The fourth-order valence-corrected chi connectivity index (χ4v) is 4.57. The van der Waals surface area contributed by atoms with Gasteiger partial charge in [0.2, 0.25) is 0 Å². The van der Waals surface area contributed by atoms with Crippen molar-refractivity contribution in [3.63, 3.8) is 0 Å². The zero-order valence-electron chi connectivity index (χ0n) is 20.1. The van der Waals surface area contributed by atoms with Gasteiger partial charge in [-0.1, -0.05) is 55.8 Å². The van der Waals surface area contributed by atoms with Gasteiger partial charge in [-0.3, -0.25) is 4.79 Å². The lowest BCUT2D eigenvalue weighted by Crippen LogP contribution is -2.29. The van der Waals surface area contributed by atoms with Crippen LogP contribution in [0.1, 0.15) is 55.4 Å². The van der Waals surface area contributed by atoms with E-state index < -0.39 is 5.97 Å². The lowest BCUT2D eigenvalue weighted by Gasteiger charge is -2.26. The number of benzene rings is 3. The smallest absolute Gasteiger partial charge is 0.303 e. The van der Waals surface area contributed by atoms with Gasteiger partial charge in [-0.15, -0.1) is 0 Å². The Hall–Kier alpha value is -3.47. The van der Waals surface area contributed by atoms with Crippen molar-refractivity contribution in [2.24, 2.45) is 0 Å². The van der Waals surface area contributed by atoms with Crippen LogP contribution in [-0.4, -0.2) is 17.7 Å². The fraction of sp³-hybridized carbons (Fsp3) is 0.345. The van der Waals surface area contributed by atoms with Crippen molar-refractivity contribution in [3.05, 3.63) is 89.0 Å². The predicted octanol–water partition coefficient (Wildman–Crippen LogP) is 6.38. The molecule has 0 fully saturated rings. The molecule has 5 heteroatoms. The Morgan fingerprint density at radius 2 is 1.79 bits per heavy atom. The second-order valence-electron chi connectivity index (χ2n) is 9.26. The molecule has 0 saturated carbocycles. The third-order valence-corrected chi connectivity index (χ3v) is 6.46. The second-order valence-corrected chi connectivity index (χ2v) is 9.26. The van der Waals surface area contributed by atoms with Crippen LogP contribution in [0.3, 0.4) is 0 Å². The topological polar surface area (TPSA) is 70.6 Å². The van der Waals surface area contributed by atoms with Gasteiger partial charge in [0.05, 0.1) is 12.1 Å². The first kappa shape index (κ1) is 23.7. The number of hydrogen-bond donors (Lipinski definition) is 3. The molecule has 5 nitrogen and oxygen atoms in total. The largest absolute Gasteiger partial charge is 0.494 e. The number of rotatable bonds is 11. The highest BCUT2D eigenvalue weighted by Crippen LogP contribution is 2.42. The van der Waals surface area contributed by atoms with Crippen LogP contribution in [0.15, 0.2) is 66.7 Å². The first-order chi connectivity index (χ1) is 16.5. The van der Waals surface area contributed by atoms with Gasteiger partial charge >= 0.3 is 5.97 Å². The molecule has 34 heavy (non-hydrogen) atoms. The Morgan fingerprint density at radius 1 is 1.06 bits per heavy atom. The van der Waals surface area contributed by atoms with Crippen LogP contribution in [0.25, 0.3) is 0 Å².